The topological polar surface area (TPSA) is 161 Å². The number of anilines is 1. The highest BCUT2D eigenvalue weighted by atomic mass is 32.2. The summed E-state index contributed by atoms with van der Waals surface area (Å²) in [6.45, 7) is 6.96. The molecule has 37 heavy (non-hydrogen) atoms. The zero-order valence-corrected chi connectivity index (χ0v) is 21.9. The Morgan fingerprint density at radius 1 is 0.892 bits per heavy atom. The molecule has 2 atom stereocenters. The van der Waals surface area contributed by atoms with Crippen LogP contribution in [0.5, 0.6) is 0 Å². The van der Waals surface area contributed by atoms with E-state index >= 15 is 0 Å². The van der Waals surface area contributed by atoms with Crippen LogP contribution in [0.25, 0.3) is 0 Å². The molecule has 0 saturated carbocycles. The van der Waals surface area contributed by atoms with E-state index in [1.807, 2.05) is 26.1 Å². The Labute approximate surface area is 217 Å². The Bertz CT molecular complexity index is 1400. The van der Waals surface area contributed by atoms with Gasteiger partial charge in [0.15, 0.2) is 0 Å². The summed E-state index contributed by atoms with van der Waals surface area (Å²) >= 11 is 0. The van der Waals surface area contributed by atoms with Crippen LogP contribution >= 0.6 is 0 Å². The molecule has 1 aromatic heterocycles. The second-order valence-corrected chi connectivity index (χ2v) is 11.6. The average Bonchev–Trinajstić information content (AvgIpc) is 3.19. The van der Waals surface area contributed by atoms with E-state index in [1.54, 1.807) is 30.5 Å². The van der Waals surface area contributed by atoms with E-state index in [0.717, 1.165) is 42.4 Å². The van der Waals surface area contributed by atoms with Crippen LogP contribution in [0.15, 0.2) is 76.8 Å². The molecule has 5 rings (SSSR count). The lowest BCUT2D eigenvalue weighted by atomic mass is 9.91. The lowest BCUT2D eigenvalue weighted by Gasteiger charge is -2.45. The largest absolute Gasteiger partial charge is 0.365 e. The van der Waals surface area contributed by atoms with Crippen LogP contribution < -0.4 is 10.2 Å². The first kappa shape index (κ1) is 28.2. The first-order chi connectivity index (χ1) is 17.4. The van der Waals surface area contributed by atoms with Crippen molar-refractivity contribution in [2.24, 2.45) is 5.92 Å². The SMILES string of the molecule is Cc1ccc(S(=O)(=O)O)cc1.Cc1ccc(S(=O)(=O)O)cc1.N#Cc1cncc(N2C[C@H]3CNC[C@H]32)c1. The Balaban J connectivity index is 0.000000158. The quantitative estimate of drug-likeness (QED) is 0.418. The highest BCUT2D eigenvalue weighted by Gasteiger charge is 2.42. The van der Waals surface area contributed by atoms with Crippen molar-refractivity contribution in [1.82, 2.24) is 10.3 Å². The highest BCUT2D eigenvalue weighted by Crippen LogP contribution is 2.32. The number of fused-ring (bicyclic) bond motifs is 1. The number of rotatable bonds is 3. The van der Waals surface area contributed by atoms with Gasteiger partial charge in [-0.15, -0.1) is 0 Å². The summed E-state index contributed by atoms with van der Waals surface area (Å²) in [5.41, 5.74) is 3.63. The number of nitriles is 1. The van der Waals surface area contributed by atoms with Gasteiger partial charge in [0, 0.05) is 37.8 Å². The summed E-state index contributed by atoms with van der Waals surface area (Å²) in [6, 6.07) is 16.6. The number of pyridine rings is 1. The van der Waals surface area contributed by atoms with Crippen molar-refractivity contribution in [3.05, 3.63) is 83.7 Å². The van der Waals surface area contributed by atoms with Crippen molar-refractivity contribution >= 4 is 25.9 Å². The summed E-state index contributed by atoms with van der Waals surface area (Å²) in [5, 5.41) is 12.2. The molecule has 3 aromatic rings. The van der Waals surface area contributed by atoms with Gasteiger partial charge in [0.25, 0.3) is 20.2 Å². The van der Waals surface area contributed by atoms with E-state index in [2.05, 4.69) is 21.3 Å². The van der Waals surface area contributed by atoms with Gasteiger partial charge in [-0.3, -0.25) is 14.1 Å². The fourth-order valence-electron chi connectivity index (χ4n) is 3.88. The third kappa shape index (κ3) is 7.82. The smallest absolute Gasteiger partial charge is 0.294 e. The van der Waals surface area contributed by atoms with E-state index in [0.29, 0.717) is 11.6 Å². The zero-order chi connectivity index (χ0) is 27.2. The number of hydrogen-bond donors (Lipinski definition) is 3. The fraction of sp³-hybridized carbons (Fsp3) is 0.280. The average molecular weight is 545 g/mol. The molecule has 0 aliphatic carbocycles. The predicted octanol–water partition coefficient (Wildman–Crippen LogP) is 2.84. The van der Waals surface area contributed by atoms with E-state index in [4.69, 9.17) is 14.4 Å². The summed E-state index contributed by atoms with van der Waals surface area (Å²) in [4.78, 5) is 6.29. The van der Waals surface area contributed by atoms with Gasteiger partial charge in [-0.25, -0.2) is 0 Å². The molecule has 0 bridgehead atoms. The molecular weight excluding hydrogens is 516 g/mol. The number of hydrogen-bond acceptors (Lipinski definition) is 8. The summed E-state index contributed by atoms with van der Waals surface area (Å²) in [6.07, 6.45) is 3.45. The van der Waals surface area contributed by atoms with E-state index in [-0.39, 0.29) is 9.79 Å². The van der Waals surface area contributed by atoms with Crippen LogP contribution in [0.4, 0.5) is 5.69 Å². The third-order valence-corrected chi connectivity index (χ3v) is 7.69. The van der Waals surface area contributed by atoms with Crippen LogP contribution in [-0.4, -0.2) is 56.6 Å². The molecule has 0 unspecified atom stereocenters. The molecule has 3 N–H and O–H groups in total. The minimum atomic E-state index is -4.02. The van der Waals surface area contributed by atoms with E-state index in [1.165, 1.54) is 24.3 Å². The maximum atomic E-state index is 10.5. The molecule has 196 valence electrons. The van der Waals surface area contributed by atoms with Crippen molar-refractivity contribution in [2.45, 2.75) is 29.7 Å². The van der Waals surface area contributed by atoms with Gasteiger partial charge in [0.05, 0.1) is 27.2 Å². The molecule has 0 radical (unpaired) electrons. The number of benzene rings is 2. The second kappa shape index (κ2) is 11.8. The molecular formula is C25H28N4O6S2. The van der Waals surface area contributed by atoms with Crippen LogP contribution in [0.2, 0.25) is 0 Å². The van der Waals surface area contributed by atoms with Gasteiger partial charge in [-0.05, 0) is 44.2 Å². The van der Waals surface area contributed by atoms with Crippen molar-refractivity contribution < 1.29 is 25.9 Å². The van der Waals surface area contributed by atoms with Gasteiger partial charge in [-0.2, -0.15) is 22.1 Å². The lowest BCUT2D eigenvalue weighted by molar-refractivity contribution is 0.365. The molecule has 3 heterocycles. The normalized spacial score (nSPS) is 18.2. The lowest BCUT2D eigenvalue weighted by Crippen LogP contribution is -2.55. The van der Waals surface area contributed by atoms with Crippen molar-refractivity contribution in [1.29, 1.82) is 5.26 Å². The molecule has 10 nitrogen and oxygen atoms in total. The molecule has 2 aliphatic rings. The molecule has 2 saturated heterocycles. The van der Waals surface area contributed by atoms with Gasteiger partial charge in [-0.1, -0.05) is 35.4 Å². The maximum absolute atomic E-state index is 10.5. The minimum Gasteiger partial charge on any atom is -0.365 e. The first-order valence-electron chi connectivity index (χ1n) is 11.3. The maximum Gasteiger partial charge on any atom is 0.294 e. The molecule has 12 heteroatoms. The molecule has 2 fully saturated rings. The van der Waals surface area contributed by atoms with Gasteiger partial charge in [0.2, 0.25) is 0 Å². The highest BCUT2D eigenvalue weighted by molar-refractivity contribution is 7.86. The monoisotopic (exact) mass is 544 g/mol. The number of aromatic nitrogens is 1. The number of nitrogens with one attached hydrogen (secondary N) is 1. The summed E-state index contributed by atoms with van der Waals surface area (Å²) in [5.74, 6) is 0.788. The number of aryl methyl sites for hydroxylation is 2. The number of nitrogens with zero attached hydrogens (tertiary/aromatic N) is 3. The van der Waals surface area contributed by atoms with Crippen LogP contribution in [-0.2, 0) is 20.2 Å². The molecule has 2 aliphatic heterocycles. The van der Waals surface area contributed by atoms with Crippen molar-refractivity contribution in [2.75, 3.05) is 24.5 Å². The molecule has 0 amide bonds. The molecule has 0 spiro atoms. The van der Waals surface area contributed by atoms with Crippen LogP contribution in [0.3, 0.4) is 0 Å². The molecule has 2 aromatic carbocycles. The standard InChI is InChI=1S/C11H12N4.2C7H8O3S/c12-2-8-1-10(5-13-3-8)15-7-9-4-14-6-11(9)15;2*1-6-2-4-7(5-3-6)11(8,9)10/h1,3,5,9,11,14H,4,6-7H2;2*2-5H,1H3,(H,8,9,10)/t9-,11-;;/m1../s1. The van der Waals surface area contributed by atoms with Crippen LogP contribution in [0, 0.1) is 31.1 Å². The van der Waals surface area contributed by atoms with Crippen molar-refractivity contribution in [3.63, 3.8) is 0 Å². The zero-order valence-electron chi connectivity index (χ0n) is 20.3. The fourth-order valence-corrected chi connectivity index (χ4v) is 4.84. The van der Waals surface area contributed by atoms with E-state index in [9.17, 15) is 16.8 Å². The third-order valence-electron chi connectivity index (χ3n) is 5.96. The summed E-state index contributed by atoms with van der Waals surface area (Å²) in [7, 11) is -8.04. The Morgan fingerprint density at radius 3 is 1.84 bits per heavy atom. The Hall–Kier alpha value is -3.34. The van der Waals surface area contributed by atoms with E-state index < -0.39 is 20.2 Å². The Morgan fingerprint density at radius 2 is 1.41 bits per heavy atom. The minimum absolute atomic E-state index is 0.0666. The predicted molar refractivity (Wildman–Crippen MR) is 138 cm³/mol. The first-order valence-corrected chi connectivity index (χ1v) is 14.2. The Kier molecular flexibility index (Phi) is 9.01. The van der Waals surface area contributed by atoms with Gasteiger partial charge in [0.1, 0.15) is 6.07 Å². The van der Waals surface area contributed by atoms with Gasteiger partial charge < -0.3 is 10.2 Å². The second-order valence-electron chi connectivity index (χ2n) is 8.76. The summed E-state index contributed by atoms with van der Waals surface area (Å²) < 4.78 is 59.1. The van der Waals surface area contributed by atoms with Crippen molar-refractivity contribution in [3.8, 4) is 6.07 Å². The van der Waals surface area contributed by atoms with Gasteiger partial charge >= 0.3 is 0 Å². The van der Waals surface area contributed by atoms with Crippen LogP contribution in [0.1, 0.15) is 16.7 Å².